The summed E-state index contributed by atoms with van der Waals surface area (Å²) in [5, 5.41) is 0. The first-order valence-electron chi connectivity index (χ1n) is 12.7. The molecule has 4 rings (SSSR count). The molecule has 1 aliphatic heterocycles. The molecule has 1 saturated heterocycles. The Bertz CT molecular complexity index is 543. The third kappa shape index (κ3) is 5.88. The van der Waals surface area contributed by atoms with Crippen LogP contribution in [0.5, 0.6) is 0 Å². The zero-order valence-corrected chi connectivity index (χ0v) is 18.9. The summed E-state index contributed by atoms with van der Waals surface area (Å²) in [7, 11) is 1.53. The van der Waals surface area contributed by atoms with Crippen LogP contribution in [-0.4, -0.2) is 32.6 Å². The van der Waals surface area contributed by atoms with Gasteiger partial charge in [0.2, 0.25) is 0 Å². The molecule has 0 amide bonds. The van der Waals surface area contributed by atoms with E-state index in [-0.39, 0.29) is 18.2 Å². The second-order valence-corrected chi connectivity index (χ2v) is 10.3. The molecule has 30 heavy (non-hydrogen) atoms. The molecule has 0 aromatic heterocycles. The summed E-state index contributed by atoms with van der Waals surface area (Å²) in [6.45, 7) is 1.66. The molecule has 0 spiro atoms. The van der Waals surface area contributed by atoms with Gasteiger partial charge in [0.05, 0.1) is 26.2 Å². The van der Waals surface area contributed by atoms with E-state index in [0.717, 1.165) is 62.1 Å². The van der Waals surface area contributed by atoms with Crippen molar-refractivity contribution in [3.63, 3.8) is 0 Å². The minimum Gasteiger partial charge on any atom is -0.469 e. The molecule has 0 aromatic carbocycles. The molecule has 170 valence electrons. The van der Waals surface area contributed by atoms with E-state index in [1.54, 1.807) is 0 Å². The molecule has 1 heterocycles. The van der Waals surface area contributed by atoms with Gasteiger partial charge < -0.3 is 14.2 Å². The van der Waals surface area contributed by atoms with Crippen LogP contribution in [0.1, 0.15) is 83.5 Å². The summed E-state index contributed by atoms with van der Waals surface area (Å²) in [5.74, 6) is 4.59. The van der Waals surface area contributed by atoms with Crippen molar-refractivity contribution in [2.75, 3.05) is 20.3 Å². The van der Waals surface area contributed by atoms with Gasteiger partial charge in [-0.05, 0) is 119 Å². The number of carbonyl (C=O) groups excluding carboxylic acids is 1. The number of hydrogen-bond donors (Lipinski definition) is 0. The highest BCUT2D eigenvalue weighted by Gasteiger charge is 2.35. The maximum atomic E-state index is 11.8. The third-order valence-electron chi connectivity index (χ3n) is 8.67. The SMILES string of the molecule is COC(=O)C1CCC(C2CCC(C3CCC(C=CC4OCCCO4)CC3)CC2)CC1. The molecule has 3 aliphatic carbocycles. The topological polar surface area (TPSA) is 44.8 Å². The van der Waals surface area contributed by atoms with Gasteiger partial charge in [-0.1, -0.05) is 6.08 Å². The Morgan fingerprint density at radius 2 is 1.17 bits per heavy atom. The van der Waals surface area contributed by atoms with Gasteiger partial charge in [0.1, 0.15) is 0 Å². The lowest BCUT2D eigenvalue weighted by atomic mass is 9.65. The summed E-state index contributed by atoms with van der Waals surface area (Å²) in [4.78, 5) is 11.8. The van der Waals surface area contributed by atoms with Crippen molar-refractivity contribution in [2.24, 2.45) is 35.5 Å². The Kier molecular flexibility index (Phi) is 8.28. The van der Waals surface area contributed by atoms with E-state index in [1.807, 2.05) is 0 Å². The molecule has 4 aliphatic rings. The van der Waals surface area contributed by atoms with Crippen LogP contribution < -0.4 is 0 Å². The van der Waals surface area contributed by atoms with E-state index in [4.69, 9.17) is 14.2 Å². The van der Waals surface area contributed by atoms with Gasteiger partial charge >= 0.3 is 5.97 Å². The van der Waals surface area contributed by atoms with Crippen molar-refractivity contribution in [1.82, 2.24) is 0 Å². The number of ether oxygens (including phenoxy) is 3. The van der Waals surface area contributed by atoms with Gasteiger partial charge in [0, 0.05) is 0 Å². The van der Waals surface area contributed by atoms with Crippen molar-refractivity contribution in [3.05, 3.63) is 12.2 Å². The minimum absolute atomic E-state index is 0.0152. The van der Waals surface area contributed by atoms with Crippen LogP contribution in [0.2, 0.25) is 0 Å². The highest BCUT2D eigenvalue weighted by molar-refractivity contribution is 5.72. The zero-order valence-electron chi connectivity index (χ0n) is 18.9. The highest BCUT2D eigenvalue weighted by atomic mass is 16.7. The molecule has 3 saturated carbocycles. The average molecular weight is 419 g/mol. The van der Waals surface area contributed by atoms with Crippen molar-refractivity contribution < 1.29 is 19.0 Å². The van der Waals surface area contributed by atoms with Crippen LogP contribution in [0, 0.1) is 35.5 Å². The lowest BCUT2D eigenvalue weighted by Crippen LogP contribution is -2.31. The Morgan fingerprint density at radius 1 is 0.700 bits per heavy atom. The Hall–Kier alpha value is -0.870. The normalized spacial score (nSPS) is 39.1. The monoisotopic (exact) mass is 418 g/mol. The first-order chi connectivity index (χ1) is 14.7. The predicted octanol–water partition coefficient (Wildman–Crippen LogP) is 5.90. The molecule has 0 radical (unpaired) electrons. The maximum absolute atomic E-state index is 11.8. The zero-order chi connectivity index (χ0) is 20.8. The van der Waals surface area contributed by atoms with Crippen LogP contribution in [0.3, 0.4) is 0 Å². The molecule has 0 aromatic rings. The number of carbonyl (C=O) groups is 1. The van der Waals surface area contributed by atoms with Gasteiger partial charge in [0.15, 0.2) is 6.29 Å². The molecule has 0 N–H and O–H groups in total. The molecule has 4 nitrogen and oxygen atoms in total. The van der Waals surface area contributed by atoms with E-state index < -0.39 is 0 Å². The van der Waals surface area contributed by atoms with E-state index in [9.17, 15) is 4.79 Å². The lowest BCUT2D eigenvalue weighted by Gasteiger charge is -2.41. The summed E-state index contributed by atoms with van der Waals surface area (Å²) in [5.41, 5.74) is 0. The summed E-state index contributed by atoms with van der Waals surface area (Å²) >= 11 is 0. The largest absolute Gasteiger partial charge is 0.469 e. The molecule has 0 atom stereocenters. The van der Waals surface area contributed by atoms with Gasteiger partial charge in [0.25, 0.3) is 0 Å². The average Bonchev–Trinajstić information content (AvgIpc) is 2.83. The fourth-order valence-corrected chi connectivity index (χ4v) is 6.75. The van der Waals surface area contributed by atoms with Crippen molar-refractivity contribution in [3.8, 4) is 0 Å². The second kappa shape index (κ2) is 11.1. The highest BCUT2D eigenvalue weighted by Crippen LogP contribution is 2.46. The maximum Gasteiger partial charge on any atom is 0.308 e. The van der Waals surface area contributed by atoms with E-state index in [0.29, 0.717) is 0 Å². The van der Waals surface area contributed by atoms with Crippen molar-refractivity contribution in [1.29, 1.82) is 0 Å². The van der Waals surface area contributed by atoms with Crippen LogP contribution >= 0.6 is 0 Å². The lowest BCUT2D eigenvalue weighted by molar-refractivity contribution is -0.150. The number of methoxy groups -OCH3 is 1. The fourth-order valence-electron chi connectivity index (χ4n) is 6.75. The Labute approximate surface area is 183 Å². The molecule has 4 fully saturated rings. The molecular formula is C26H42O4. The van der Waals surface area contributed by atoms with Gasteiger partial charge in [-0.15, -0.1) is 0 Å². The first-order valence-corrected chi connectivity index (χ1v) is 12.7. The van der Waals surface area contributed by atoms with Gasteiger partial charge in [-0.2, -0.15) is 0 Å². The van der Waals surface area contributed by atoms with E-state index >= 15 is 0 Å². The van der Waals surface area contributed by atoms with E-state index in [1.165, 1.54) is 71.3 Å². The Balaban J connectivity index is 1.14. The van der Waals surface area contributed by atoms with Gasteiger partial charge in [-0.25, -0.2) is 0 Å². The predicted molar refractivity (Wildman–Crippen MR) is 118 cm³/mol. The minimum atomic E-state index is -0.102. The quantitative estimate of drug-likeness (QED) is 0.412. The number of rotatable bonds is 5. The summed E-state index contributed by atoms with van der Waals surface area (Å²) < 4.78 is 16.2. The van der Waals surface area contributed by atoms with Crippen LogP contribution in [0.25, 0.3) is 0 Å². The molecule has 0 bridgehead atoms. The number of hydrogen-bond acceptors (Lipinski definition) is 4. The number of allylic oxidation sites excluding steroid dienone is 1. The Morgan fingerprint density at radius 3 is 1.67 bits per heavy atom. The van der Waals surface area contributed by atoms with E-state index in [2.05, 4.69) is 12.2 Å². The second-order valence-electron chi connectivity index (χ2n) is 10.3. The number of esters is 1. The third-order valence-corrected chi connectivity index (χ3v) is 8.67. The van der Waals surface area contributed by atoms with Crippen LogP contribution in [-0.2, 0) is 19.0 Å². The van der Waals surface area contributed by atoms with Gasteiger partial charge in [-0.3, -0.25) is 4.79 Å². The smallest absolute Gasteiger partial charge is 0.308 e. The van der Waals surface area contributed by atoms with Crippen LogP contribution in [0.15, 0.2) is 12.2 Å². The van der Waals surface area contributed by atoms with Crippen LogP contribution in [0.4, 0.5) is 0 Å². The molecular weight excluding hydrogens is 376 g/mol. The summed E-state index contributed by atoms with van der Waals surface area (Å²) in [6, 6.07) is 0. The molecule has 0 unspecified atom stereocenters. The first kappa shape index (κ1) is 22.3. The van der Waals surface area contributed by atoms with Crippen molar-refractivity contribution in [2.45, 2.75) is 89.8 Å². The molecule has 4 heteroatoms. The fraction of sp³-hybridized carbons (Fsp3) is 0.885. The van der Waals surface area contributed by atoms with Crippen molar-refractivity contribution >= 4 is 5.97 Å². The standard InChI is InChI=1S/C26H42O4/c1-28-26(27)24-14-12-23(13-15-24)22-10-8-21(9-11-22)20-6-3-19(4-7-20)5-16-25-29-17-2-18-30-25/h5,16,19-25H,2-4,6-15,17-18H2,1H3. The summed E-state index contributed by atoms with van der Waals surface area (Å²) in [6.07, 6.45) is 21.2.